The summed E-state index contributed by atoms with van der Waals surface area (Å²) in [6.45, 7) is 0. The molecule has 3 rings (SSSR count). The molecular weight excluding hydrogens is 276 g/mol. The van der Waals surface area contributed by atoms with Crippen molar-refractivity contribution in [2.75, 3.05) is 0 Å². The van der Waals surface area contributed by atoms with Gasteiger partial charge >= 0.3 is 0 Å². The van der Waals surface area contributed by atoms with Crippen molar-refractivity contribution in [2.24, 2.45) is 0 Å². The van der Waals surface area contributed by atoms with Crippen molar-refractivity contribution in [3.8, 4) is 28.7 Å². The molecule has 0 radical (unpaired) electrons. The van der Waals surface area contributed by atoms with Crippen molar-refractivity contribution in [2.45, 2.75) is 18.6 Å². The maximum absolute atomic E-state index is 10.2. The molecule has 0 fully saturated rings. The standard InChI is InChI=1S/C15H14O6/c16-8-4-11(19)15-12(20)6-13(21-14(15)5-8)7-1-2-9(17)10(18)3-7/h1-5,12-13,16-20H,6H2/t12?,13-/m0/s1. The number of aliphatic hydroxyl groups excluding tert-OH is 1. The highest BCUT2D eigenvalue weighted by molar-refractivity contribution is 5.52. The lowest BCUT2D eigenvalue weighted by Gasteiger charge is -2.30. The van der Waals surface area contributed by atoms with Gasteiger partial charge < -0.3 is 30.3 Å². The Morgan fingerprint density at radius 3 is 2.38 bits per heavy atom. The van der Waals surface area contributed by atoms with Crippen LogP contribution in [0, 0.1) is 0 Å². The highest BCUT2D eigenvalue weighted by atomic mass is 16.5. The number of phenolic OH excluding ortho intramolecular Hbond substituents is 4. The van der Waals surface area contributed by atoms with Crippen molar-refractivity contribution in [1.82, 2.24) is 0 Å². The van der Waals surface area contributed by atoms with Crippen LogP contribution in [0.3, 0.4) is 0 Å². The normalized spacial score (nSPS) is 20.6. The fraction of sp³-hybridized carbons (Fsp3) is 0.200. The Labute approximate surface area is 120 Å². The van der Waals surface area contributed by atoms with Gasteiger partial charge in [-0.15, -0.1) is 0 Å². The molecule has 1 heterocycles. The van der Waals surface area contributed by atoms with Crippen molar-refractivity contribution in [3.05, 3.63) is 41.5 Å². The molecule has 1 aliphatic heterocycles. The van der Waals surface area contributed by atoms with Crippen LogP contribution in [0.25, 0.3) is 0 Å². The van der Waals surface area contributed by atoms with Gasteiger partial charge in [0.2, 0.25) is 0 Å². The molecule has 0 aliphatic carbocycles. The van der Waals surface area contributed by atoms with E-state index in [0.29, 0.717) is 5.56 Å². The second kappa shape index (κ2) is 4.75. The lowest BCUT2D eigenvalue weighted by molar-refractivity contribution is 0.0630. The maximum Gasteiger partial charge on any atom is 0.157 e. The average molecular weight is 290 g/mol. The van der Waals surface area contributed by atoms with Gasteiger partial charge in [0.05, 0.1) is 11.7 Å². The van der Waals surface area contributed by atoms with Crippen molar-refractivity contribution < 1.29 is 30.3 Å². The van der Waals surface area contributed by atoms with Crippen LogP contribution in [-0.2, 0) is 0 Å². The Bertz CT molecular complexity index is 697. The summed E-state index contributed by atoms with van der Waals surface area (Å²) < 4.78 is 5.67. The summed E-state index contributed by atoms with van der Waals surface area (Å²) in [5.41, 5.74) is 0.796. The predicted octanol–water partition coefficient (Wildman–Crippen LogP) is 2.07. The van der Waals surface area contributed by atoms with Crippen LogP contribution in [0.1, 0.15) is 29.8 Å². The summed E-state index contributed by atoms with van der Waals surface area (Å²) in [7, 11) is 0. The quantitative estimate of drug-likeness (QED) is 0.514. The van der Waals surface area contributed by atoms with E-state index < -0.39 is 12.2 Å². The zero-order valence-electron chi connectivity index (χ0n) is 10.9. The number of aromatic hydroxyl groups is 4. The third-order valence-corrected chi connectivity index (χ3v) is 3.52. The molecule has 2 aromatic carbocycles. The molecule has 5 N–H and O–H groups in total. The molecule has 2 atom stereocenters. The number of rotatable bonds is 1. The van der Waals surface area contributed by atoms with Crippen LogP contribution in [-0.4, -0.2) is 25.5 Å². The number of ether oxygens (including phenoxy) is 1. The Kier molecular flexibility index (Phi) is 3.03. The van der Waals surface area contributed by atoms with Crippen LogP contribution >= 0.6 is 0 Å². The van der Waals surface area contributed by atoms with Crippen LogP contribution in [0.4, 0.5) is 0 Å². The first-order valence-corrected chi connectivity index (χ1v) is 6.38. The van der Waals surface area contributed by atoms with Gasteiger partial charge in [-0.05, 0) is 17.7 Å². The second-order valence-corrected chi connectivity index (χ2v) is 4.98. The van der Waals surface area contributed by atoms with Gasteiger partial charge in [-0.3, -0.25) is 0 Å². The lowest BCUT2D eigenvalue weighted by atomic mass is 9.94. The fourth-order valence-corrected chi connectivity index (χ4v) is 2.50. The molecular formula is C15H14O6. The molecule has 1 unspecified atom stereocenters. The van der Waals surface area contributed by atoms with Gasteiger partial charge in [0.15, 0.2) is 11.5 Å². The molecule has 1 aliphatic rings. The van der Waals surface area contributed by atoms with E-state index in [1.165, 1.54) is 18.2 Å². The Morgan fingerprint density at radius 1 is 0.905 bits per heavy atom. The van der Waals surface area contributed by atoms with Crippen molar-refractivity contribution in [1.29, 1.82) is 0 Å². The molecule has 0 aromatic heterocycles. The average Bonchev–Trinajstić information content (AvgIpc) is 2.40. The molecule has 21 heavy (non-hydrogen) atoms. The zero-order chi connectivity index (χ0) is 15.1. The lowest BCUT2D eigenvalue weighted by Crippen LogP contribution is -2.19. The number of hydrogen-bond acceptors (Lipinski definition) is 6. The molecule has 0 spiro atoms. The number of hydrogen-bond donors (Lipinski definition) is 5. The van der Waals surface area contributed by atoms with Crippen LogP contribution in [0.15, 0.2) is 30.3 Å². The number of aliphatic hydroxyl groups is 1. The van der Waals surface area contributed by atoms with Crippen LogP contribution < -0.4 is 4.74 Å². The van der Waals surface area contributed by atoms with Gasteiger partial charge in [-0.2, -0.15) is 0 Å². The van der Waals surface area contributed by atoms with E-state index in [1.54, 1.807) is 6.07 Å². The van der Waals surface area contributed by atoms with Crippen molar-refractivity contribution >= 4 is 0 Å². The van der Waals surface area contributed by atoms with Gasteiger partial charge in [-0.1, -0.05) is 6.07 Å². The Hall–Kier alpha value is -2.60. The van der Waals surface area contributed by atoms with Crippen LogP contribution in [0.5, 0.6) is 28.7 Å². The van der Waals surface area contributed by atoms with Gasteiger partial charge in [-0.25, -0.2) is 0 Å². The highest BCUT2D eigenvalue weighted by Crippen LogP contribution is 2.47. The van der Waals surface area contributed by atoms with Gasteiger partial charge in [0.25, 0.3) is 0 Å². The molecule has 0 bridgehead atoms. The van der Waals surface area contributed by atoms with E-state index in [0.717, 1.165) is 6.07 Å². The van der Waals surface area contributed by atoms with E-state index in [9.17, 15) is 25.5 Å². The maximum atomic E-state index is 10.2. The molecule has 0 saturated heterocycles. The molecule has 6 nitrogen and oxygen atoms in total. The fourth-order valence-electron chi connectivity index (χ4n) is 2.50. The first-order chi connectivity index (χ1) is 9.95. The molecule has 0 amide bonds. The minimum atomic E-state index is -0.963. The highest BCUT2D eigenvalue weighted by Gasteiger charge is 2.31. The largest absolute Gasteiger partial charge is 0.508 e. The minimum Gasteiger partial charge on any atom is -0.508 e. The molecule has 2 aromatic rings. The molecule has 110 valence electrons. The van der Waals surface area contributed by atoms with E-state index in [-0.39, 0.29) is 40.7 Å². The van der Waals surface area contributed by atoms with Crippen LogP contribution in [0.2, 0.25) is 0 Å². The van der Waals surface area contributed by atoms with E-state index in [2.05, 4.69) is 0 Å². The third-order valence-electron chi connectivity index (χ3n) is 3.52. The van der Waals surface area contributed by atoms with Gasteiger partial charge in [0.1, 0.15) is 23.4 Å². The minimum absolute atomic E-state index is 0.173. The summed E-state index contributed by atoms with van der Waals surface area (Å²) in [5.74, 6) is -0.748. The smallest absolute Gasteiger partial charge is 0.157 e. The third kappa shape index (κ3) is 2.30. The van der Waals surface area contributed by atoms with E-state index >= 15 is 0 Å². The SMILES string of the molecule is Oc1cc(O)c2c(c1)O[C@H](c1ccc(O)c(O)c1)CC2O. The molecule has 6 heteroatoms. The Balaban J connectivity index is 1.99. The summed E-state index contributed by atoms with van der Waals surface area (Å²) in [6, 6.07) is 6.69. The first kappa shape index (κ1) is 13.4. The summed E-state index contributed by atoms with van der Waals surface area (Å²) in [5, 5.41) is 48.3. The summed E-state index contributed by atoms with van der Waals surface area (Å²) >= 11 is 0. The zero-order valence-corrected chi connectivity index (χ0v) is 10.9. The second-order valence-electron chi connectivity index (χ2n) is 4.98. The molecule has 0 saturated carbocycles. The monoisotopic (exact) mass is 290 g/mol. The van der Waals surface area contributed by atoms with Gasteiger partial charge in [0, 0.05) is 18.6 Å². The van der Waals surface area contributed by atoms with E-state index in [4.69, 9.17) is 4.74 Å². The number of fused-ring (bicyclic) bond motifs is 1. The predicted molar refractivity (Wildman–Crippen MR) is 72.5 cm³/mol. The first-order valence-electron chi connectivity index (χ1n) is 6.38. The van der Waals surface area contributed by atoms with E-state index in [1.807, 2.05) is 0 Å². The van der Waals surface area contributed by atoms with Crippen molar-refractivity contribution in [3.63, 3.8) is 0 Å². The number of benzene rings is 2. The summed E-state index contributed by atoms with van der Waals surface area (Å²) in [6.07, 6.45) is -1.36. The number of phenols is 4. The Morgan fingerprint density at radius 2 is 1.67 bits per heavy atom. The topological polar surface area (TPSA) is 110 Å². The summed E-state index contributed by atoms with van der Waals surface area (Å²) in [4.78, 5) is 0.